The molecule has 1 heterocycles. The van der Waals surface area contributed by atoms with Crippen molar-refractivity contribution in [3.63, 3.8) is 0 Å². The third kappa shape index (κ3) is 3.02. The maximum Gasteiger partial charge on any atom is 0.343 e. The lowest BCUT2D eigenvalue weighted by Crippen LogP contribution is -2.28. The van der Waals surface area contributed by atoms with Crippen molar-refractivity contribution >= 4 is 11.8 Å². The number of benzene rings is 1. The van der Waals surface area contributed by atoms with E-state index in [1.807, 2.05) is 31.2 Å². The standard InChI is InChI=1S/C19H19NO4/c1-3-24-19(23)15-10-14-16(20-18(15)22)8-13(9-17(14)21)12-6-4-11(2)5-7-12/h4-7,10,13H,3,8-9H2,1-2H3,(H,20,22). The summed E-state index contributed by atoms with van der Waals surface area (Å²) >= 11 is 0. The summed E-state index contributed by atoms with van der Waals surface area (Å²) in [6.07, 6.45) is 0.937. The predicted molar refractivity (Wildman–Crippen MR) is 89.6 cm³/mol. The number of ketones is 1. The van der Waals surface area contributed by atoms with Crippen LogP contribution >= 0.6 is 0 Å². The molecule has 0 bridgehead atoms. The van der Waals surface area contributed by atoms with Crippen molar-refractivity contribution < 1.29 is 14.3 Å². The largest absolute Gasteiger partial charge is 0.462 e. The fraction of sp³-hybridized carbons (Fsp3) is 0.316. The number of H-pyrrole nitrogens is 1. The Bertz CT molecular complexity index is 849. The zero-order valence-electron chi connectivity index (χ0n) is 13.7. The molecule has 1 aromatic heterocycles. The molecule has 1 N–H and O–H groups in total. The van der Waals surface area contributed by atoms with E-state index in [4.69, 9.17) is 4.74 Å². The highest BCUT2D eigenvalue weighted by atomic mass is 16.5. The summed E-state index contributed by atoms with van der Waals surface area (Å²) in [5.41, 5.74) is 2.63. The Morgan fingerprint density at radius 1 is 1.21 bits per heavy atom. The van der Waals surface area contributed by atoms with Crippen LogP contribution < -0.4 is 5.56 Å². The Morgan fingerprint density at radius 3 is 2.58 bits per heavy atom. The van der Waals surface area contributed by atoms with Gasteiger partial charge in [-0.15, -0.1) is 0 Å². The van der Waals surface area contributed by atoms with Gasteiger partial charge in [0.15, 0.2) is 5.78 Å². The molecule has 0 saturated heterocycles. The molecule has 3 rings (SSSR count). The number of hydrogen-bond acceptors (Lipinski definition) is 4. The number of aromatic nitrogens is 1. The lowest BCUT2D eigenvalue weighted by atomic mass is 9.81. The minimum absolute atomic E-state index is 0.0368. The summed E-state index contributed by atoms with van der Waals surface area (Å²) in [6, 6.07) is 9.44. The number of hydrogen-bond donors (Lipinski definition) is 1. The molecule has 24 heavy (non-hydrogen) atoms. The van der Waals surface area contributed by atoms with Gasteiger partial charge in [-0.3, -0.25) is 9.59 Å². The molecule has 0 aliphatic heterocycles. The highest BCUT2D eigenvalue weighted by Crippen LogP contribution is 2.31. The summed E-state index contributed by atoms with van der Waals surface area (Å²) < 4.78 is 4.87. The van der Waals surface area contributed by atoms with Gasteiger partial charge in [-0.1, -0.05) is 29.8 Å². The molecule has 5 nitrogen and oxygen atoms in total. The molecule has 1 aromatic carbocycles. The molecule has 1 aliphatic rings. The van der Waals surface area contributed by atoms with Gasteiger partial charge in [0.05, 0.1) is 6.61 Å². The first-order chi connectivity index (χ1) is 11.5. The van der Waals surface area contributed by atoms with Gasteiger partial charge in [0.2, 0.25) is 0 Å². The van der Waals surface area contributed by atoms with Crippen LogP contribution in [-0.4, -0.2) is 23.3 Å². The van der Waals surface area contributed by atoms with Gasteiger partial charge >= 0.3 is 5.97 Å². The second kappa shape index (κ2) is 6.43. The fourth-order valence-corrected chi connectivity index (χ4v) is 3.07. The molecule has 0 saturated carbocycles. The molecule has 0 radical (unpaired) electrons. The van der Waals surface area contributed by atoms with Crippen LogP contribution in [0.2, 0.25) is 0 Å². The average molecular weight is 325 g/mol. The van der Waals surface area contributed by atoms with Crippen LogP contribution in [0, 0.1) is 6.92 Å². The van der Waals surface area contributed by atoms with Crippen LogP contribution in [0.5, 0.6) is 0 Å². The van der Waals surface area contributed by atoms with E-state index in [1.165, 1.54) is 6.07 Å². The zero-order valence-corrected chi connectivity index (χ0v) is 13.7. The molecule has 1 atom stereocenters. The number of carbonyl (C=O) groups excluding carboxylic acids is 2. The van der Waals surface area contributed by atoms with Gasteiger partial charge in [-0.25, -0.2) is 4.79 Å². The van der Waals surface area contributed by atoms with Crippen molar-refractivity contribution in [2.24, 2.45) is 0 Å². The number of rotatable bonds is 3. The van der Waals surface area contributed by atoms with Crippen molar-refractivity contribution in [1.82, 2.24) is 4.98 Å². The Hall–Kier alpha value is -2.69. The molecule has 0 amide bonds. The summed E-state index contributed by atoms with van der Waals surface area (Å²) in [7, 11) is 0. The normalized spacial score (nSPS) is 16.6. The van der Waals surface area contributed by atoms with E-state index in [0.717, 1.165) is 11.1 Å². The summed E-state index contributed by atoms with van der Waals surface area (Å²) in [6.45, 7) is 3.86. The first-order valence-corrected chi connectivity index (χ1v) is 8.02. The smallest absolute Gasteiger partial charge is 0.343 e. The van der Waals surface area contributed by atoms with Crippen LogP contribution in [0.3, 0.4) is 0 Å². The maximum absolute atomic E-state index is 12.5. The molecule has 0 fully saturated rings. The third-order valence-electron chi connectivity index (χ3n) is 4.35. The molecular formula is C19H19NO4. The van der Waals surface area contributed by atoms with Crippen LogP contribution in [0.25, 0.3) is 0 Å². The number of ether oxygens (including phenoxy) is 1. The number of pyridine rings is 1. The van der Waals surface area contributed by atoms with Crippen molar-refractivity contribution in [2.75, 3.05) is 6.61 Å². The SMILES string of the molecule is CCOC(=O)c1cc2c([nH]c1=O)CC(c1ccc(C)cc1)CC2=O. The summed E-state index contributed by atoms with van der Waals surface area (Å²) in [5, 5.41) is 0. The number of nitrogens with one attached hydrogen (secondary N) is 1. The van der Waals surface area contributed by atoms with Gasteiger partial charge in [-0.2, -0.15) is 0 Å². The number of aromatic amines is 1. The van der Waals surface area contributed by atoms with Gasteiger partial charge in [0.1, 0.15) is 5.56 Å². The highest BCUT2D eigenvalue weighted by Gasteiger charge is 2.29. The third-order valence-corrected chi connectivity index (χ3v) is 4.35. The fourth-order valence-electron chi connectivity index (χ4n) is 3.07. The molecule has 2 aromatic rings. The quantitative estimate of drug-likeness (QED) is 0.880. The van der Waals surface area contributed by atoms with Gasteiger partial charge in [0, 0.05) is 17.7 Å². The Balaban J connectivity index is 1.95. The van der Waals surface area contributed by atoms with Crippen molar-refractivity contribution in [3.8, 4) is 0 Å². The van der Waals surface area contributed by atoms with Crippen LogP contribution in [-0.2, 0) is 11.2 Å². The van der Waals surface area contributed by atoms with Crippen molar-refractivity contribution in [1.29, 1.82) is 0 Å². The van der Waals surface area contributed by atoms with Crippen molar-refractivity contribution in [2.45, 2.75) is 32.6 Å². The molecule has 5 heteroatoms. The Labute approximate surface area is 139 Å². The minimum Gasteiger partial charge on any atom is -0.462 e. The number of fused-ring (bicyclic) bond motifs is 1. The molecular weight excluding hydrogens is 306 g/mol. The first-order valence-electron chi connectivity index (χ1n) is 8.02. The molecule has 1 unspecified atom stereocenters. The molecule has 0 spiro atoms. The Kier molecular flexibility index (Phi) is 4.34. The van der Waals surface area contributed by atoms with E-state index >= 15 is 0 Å². The zero-order chi connectivity index (χ0) is 17.3. The van der Waals surface area contributed by atoms with Gasteiger partial charge < -0.3 is 9.72 Å². The highest BCUT2D eigenvalue weighted by molar-refractivity contribution is 6.01. The lowest BCUT2D eigenvalue weighted by molar-refractivity contribution is 0.0524. The van der Waals surface area contributed by atoms with E-state index < -0.39 is 11.5 Å². The van der Waals surface area contributed by atoms with E-state index in [1.54, 1.807) is 6.92 Å². The van der Waals surface area contributed by atoms with E-state index in [9.17, 15) is 14.4 Å². The predicted octanol–water partition coefficient (Wildman–Crippen LogP) is 2.77. The van der Waals surface area contributed by atoms with Crippen LogP contribution in [0.4, 0.5) is 0 Å². The topological polar surface area (TPSA) is 76.2 Å². The summed E-state index contributed by atoms with van der Waals surface area (Å²) in [5.74, 6) is -0.728. The minimum atomic E-state index is -0.699. The number of esters is 1. The first kappa shape index (κ1) is 16.2. The van der Waals surface area contributed by atoms with Crippen LogP contribution in [0.15, 0.2) is 35.1 Å². The Morgan fingerprint density at radius 2 is 1.92 bits per heavy atom. The average Bonchev–Trinajstić information content (AvgIpc) is 2.55. The number of carbonyl (C=O) groups is 2. The van der Waals surface area contributed by atoms with E-state index in [-0.39, 0.29) is 23.9 Å². The molecule has 1 aliphatic carbocycles. The number of Topliss-reactive ketones (excluding diaryl/α,β-unsaturated/α-hetero) is 1. The second-order valence-electron chi connectivity index (χ2n) is 6.06. The maximum atomic E-state index is 12.5. The van der Waals surface area contributed by atoms with E-state index in [0.29, 0.717) is 24.1 Å². The van der Waals surface area contributed by atoms with Gasteiger partial charge in [-0.05, 0) is 37.8 Å². The number of aryl methyl sites for hydroxylation is 1. The van der Waals surface area contributed by atoms with E-state index in [2.05, 4.69) is 4.98 Å². The second-order valence-corrected chi connectivity index (χ2v) is 6.06. The monoisotopic (exact) mass is 325 g/mol. The summed E-state index contributed by atoms with van der Waals surface area (Å²) in [4.78, 5) is 39.2. The lowest BCUT2D eigenvalue weighted by Gasteiger charge is -2.24. The van der Waals surface area contributed by atoms with Gasteiger partial charge in [0.25, 0.3) is 5.56 Å². The van der Waals surface area contributed by atoms with Crippen LogP contribution in [0.1, 0.15) is 56.8 Å². The van der Waals surface area contributed by atoms with Crippen molar-refractivity contribution in [3.05, 3.63) is 68.6 Å². The molecule has 124 valence electrons.